The molecule has 1 aliphatic rings. The maximum Gasteiger partial charge on any atom is 0.282 e. The lowest BCUT2D eigenvalue weighted by Crippen LogP contribution is -2.47. The van der Waals surface area contributed by atoms with E-state index in [4.69, 9.17) is 4.74 Å². The quantitative estimate of drug-likeness (QED) is 0.792. The summed E-state index contributed by atoms with van der Waals surface area (Å²) in [5, 5.41) is 2.83. The molecule has 1 aromatic rings. The van der Waals surface area contributed by atoms with Gasteiger partial charge in [0, 0.05) is 32.1 Å². The Morgan fingerprint density at radius 1 is 1.36 bits per heavy atom. The van der Waals surface area contributed by atoms with Gasteiger partial charge in [-0.1, -0.05) is 13.8 Å². The molecule has 1 saturated heterocycles. The number of hydrogen-bond acceptors (Lipinski definition) is 5. The van der Waals surface area contributed by atoms with Crippen LogP contribution >= 0.6 is 11.3 Å². The van der Waals surface area contributed by atoms with E-state index >= 15 is 0 Å². The maximum atomic E-state index is 12.2. The summed E-state index contributed by atoms with van der Waals surface area (Å²) in [7, 11) is -1.71. The molecule has 1 fully saturated rings. The molecule has 0 spiro atoms. The summed E-state index contributed by atoms with van der Waals surface area (Å²) in [6.45, 7) is 8.37. The van der Waals surface area contributed by atoms with Gasteiger partial charge in [0.1, 0.15) is 11.1 Å². The molecular formula is C14H25N3O3S2. The van der Waals surface area contributed by atoms with Gasteiger partial charge in [-0.25, -0.2) is 4.98 Å². The Morgan fingerprint density at radius 2 is 2.09 bits per heavy atom. The lowest BCUT2D eigenvalue weighted by Gasteiger charge is -2.31. The van der Waals surface area contributed by atoms with Gasteiger partial charge in [0.2, 0.25) is 0 Å². The predicted molar refractivity (Wildman–Crippen MR) is 87.9 cm³/mol. The summed E-state index contributed by atoms with van der Waals surface area (Å²) in [4.78, 5) is 4.54. The smallest absolute Gasteiger partial charge is 0.282 e. The molecule has 8 heteroatoms. The van der Waals surface area contributed by atoms with Crippen molar-refractivity contribution < 1.29 is 13.2 Å². The highest BCUT2D eigenvalue weighted by molar-refractivity contribution is 7.86. The van der Waals surface area contributed by atoms with E-state index in [1.165, 1.54) is 19.9 Å². The zero-order chi connectivity index (χ0) is 16.3. The van der Waals surface area contributed by atoms with Gasteiger partial charge in [-0.3, -0.25) is 0 Å². The number of hydrogen-bond donors (Lipinski definition) is 0. The molecule has 0 amide bonds. The lowest BCUT2D eigenvalue weighted by molar-refractivity contribution is 0.0467. The first-order valence-corrected chi connectivity index (χ1v) is 9.85. The predicted octanol–water partition coefficient (Wildman–Crippen LogP) is 2.26. The summed E-state index contributed by atoms with van der Waals surface area (Å²) in [5.74, 6) is 0.482. The molecule has 6 nitrogen and oxygen atoms in total. The van der Waals surface area contributed by atoms with E-state index in [2.05, 4.69) is 18.8 Å². The Labute approximate surface area is 137 Å². The highest BCUT2D eigenvalue weighted by Gasteiger charge is 2.31. The van der Waals surface area contributed by atoms with Crippen LogP contribution in [-0.4, -0.2) is 48.8 Å². The molecule has 1 aromatic heterocycles. The maximum absolute atomic E-state index is 12.2. The molecule has 1 unspecified atom stereocenters. The van der Waals surface area contributed by atoms with Crippen LogP contribution < -0.4 is 0 Å². The average molecular weight is 348 g/mol. The van der Waals surface area contributed by atoms with Crippen LogP contribution in [0.4, 0.5) is 0 Å². The Kier molecular flexibility index (Phi) is 5.95. The highest BCUT2D eigenvalue weighted by atomic mass is 32.2. The average Bonchev–Trinajstić information content (AvgIpc) is 2.90. The largest absolute Gasteiger partial charge is 0.371 e. The lowest BCUT2D eigenvalue weighted by atomic mass is 10.2. The molecule has 0 saturated carbocycles. The summed E-state index contributed by atoms with van der Waals surface area (Å²) in [5.41, 5.74) is 0.791. The van der Waals surface area contributed by atoms with Gasteiger partial charge in [0.25, 0.3) is 10.2 Å². The number of nitrogens with zero attached hydrogens (tertiary/aromatic N) is 3. The normalized spacial score (nSPS) is 21.3. The minimum Gasteiger partial charge on any atom is -0.371 e. The SMILES string of the molecule is CC(C)COC(C)c1nc(CN2CCCN(C)S2(=O)=O)cs1. The van der Waals surface area contributed by atoms with Gasteiger partial charge in [-0.05, 0) is 19.3 Å². The van der Waals surface area contributed by atoms with Crippen LogP contribution in [0.25, 0.3) is 0 Å². The second kappa shape index (κ2) is 7.35. The van der Waals surface area contributed by atoms with Crippen molar-refractivity contribution in [2.45, 2.75) is 39.8 Å². The number of aromatic nitrogens is 1. The molecule has 0 radical (unpaired) electrons. The van der Waals surface area contributed by atoms with E-state index in [-0.39, 0.29) is 6.10 Å². The Morgan fingerprint density at radius 3 is 2.77 bits per heavy atom. The topological polar surface area (TPSA) is 62.7 Å². The second-order valence-corrected chi connectivity index (χ2v) is 8.99. The van der Waals surface area contributed by atoms with E-state index in [0.717, 1.165) is 17.1 Å². The van der Waals surface area contributed by atoms with Gasteiger partial charge in [0.15, 0.2) is 0 Å². The van der Waals surface area contributed by atoms with Crippen molar-refractivity contribution in [3.05, 3.63) is 16.1 Å². The van der Waals surface area contributed by atoms with Gasteiger partial charge in [-0.15, -0.1) is 11.3 Å². The van der Waals surface area contributed by atoms with Gasteiger partial charge in [0.05, 0.1) is 12.2 Å². The van der Waals surface area contributed by atoms with E-state index in [1.807, 2.05) is 12.3 Å². The Balaban J connectivity index is 2.00. The van der Waals surface area contributed by atoms with Crippen LogP contribution in [0, 0.1) is 5.92 Å². The van der Waals surface area contributed by atoms with Crippen molar-refractivity contribution in [3.63, 3.8) is 0 Å². The van der Waals surface area contributed by atoms with Gasteiger partial charge in [-0.2, -0.15) is 17.0 Å². The van der Waals surface area contributed by atoms with Crippen molar-refractivity contribution >= 4 is 21.5 Å². The molecule has 0 N–H and O–H groups in total. The number of thiazole rings is 1. The van der Waals surface area contributed by atoms with Gasteiger partial charge < -0.3 is 4.74 Å². The second-order valence-electron chi connectivity index (χ2n) is 6.06. The molecule has 2 heterocycles. The number of rotatable bonds is 6. The van der Waals surface area contributed by atoms with Crippen molar-refractivity contribution in [1.82, 2.24) is 13.6 Å². The Bertz CT molecular complexity index is 586. The minimum absolute atomic E-state index is 0.0539. The molecule has 0 aromatic carbocycles. The first-order chi connectivity index (χ1) is 10.3. The summed E-state index contributed by atoms with van der Waals surface area (Å²) >= 11 is 1.53. The molecular weight excluding hydrogens is 322 g/mol. The molecule has 1 atom stereocenters. The van der Waals surface area contributed by atoms with Crippen LogP contribution in [0.3, 0.4) is 0 Å². The molecule has 1 aliphatic heterocycles. The highest BCUT2D eigenvalue weighted by Crippen LogP contribution is 2.24. The van der Waals surface area contributed by atoms with Crippen LogP contribution in [0.5, 0.6) is 0 Å². The van der Waals surface area contributed by atoms with Crippen molar-refractivity contribution in [1.29, 1.82) is 0 Å². The van der Waals surface area contributed by atoms with Crippen molar-refractivity contribution in [3.8, 4) is 0 Å². The monoisotopic (exact) mass is 347 g/mol. The van der Waals surface area contributed by atoms with E-state index in [0.29, 0.717) is 32.2 Å². The third-order valence-electron chi connectivity index (χ3n) is 3.54. The molecule has 0 aliphatic carbocycles. The van der Waals surface area contributed by atoms with Crippen LogP contribution in [0.15, 0.2) is 5.38 Å². The fourth-order valence-electron chi connectivity index (χ4n) is 2.23. The van der Waals surface area contributed by atoms with Crippen LogP contribution in [0.2, 0.25) is 0 Å². The summed E-state index contributed by atoms with van der Waals surface area (Å²) in [6.07, 6.45) is 0.794. The Hall–Kier alpha value is -0.540. The minimum atomic E-state index is -3.33. The first-order valence-electron chi connectivity index (χ1n) is 7.58. The third-order valence-corrected chi connectivity index (χ3v) is 6.53. The molecule has 126 valence electrons. The van der Waals surface area contributed by atoms with Crippen LogP contribution in [0.1, 0.15) is 44.0 Å². The van der Waals surface area contributed by atoms with Crippen molar-refractivity contribution in [2.75, 3.05) is 26.7 Å². The molecule has 0 bridgehead atoms. The number of ether oxygens (including phenoxy) is 1. The fourth-order valence-corrected chi connectivity index (χ4v) is 4.45. The molecule has 2 rings (SSSR count). The zero-order valence-electron chi connectivity index (χ0n) is 13.7. The molecule has 22 heavy (non-hydrogen) atoms. The van der Waals surface area contributed by atoms with Gasteiger partial charge >= 0.3 is 0 Å². The van der Waals surface area contributed by atoms with Crippen LogP contribution in [-0.2, 0) is 21.5 Å². The standard InChI is InChI=1S/C14H25N3O3S2/c1-11(2)9-20-12(3)14-15-13(10-21-14)8-17-7-5-6-16(4)22(17,18)19/h10-12H,5-9H2,1-4H3. The first kappa shape index (κ1) is 17.8. The third kappa shape index (κ3) is 4.26. The van der Waals surface area contributed by atoms with E-state index < -0.39 is 10.2 Å². The van der Waals surface area contributed by atoms with E-state index in [1.54, 1.807) is 7.05 Å². The van der Waals surface area contributed by atoms with Crippen molar-refractivity contribution in [2.24, 2.45) is 5.92 Å². The summed E-state index contributed by atoms with van der Waals surface area (Å²) in [6, 6.07) is 0. The van der Waals surface area contributed by atoms with E-state index in [9.17, 15) is 8.42 Å². The summed E-state index contributed by atoms with van der Waals surface area (Å²) < 4.78 is 33.1. The fraction of sp³-hybridized carbons (Fsp3) is 0.786. The zero-order valence-corrected chi connectivity index (χ0v) is 15.3.